The maximum absolute atomic E-state index is 11.9. The molecule has 0 aromatic rings. The van der Waals surface area contributed by atoms with E-state index in [9.17, 15) is 4.79 Å². The van der Waals surface area contributed by atoms with Gasteiger partial charge in [0.1, 0.15) is 0 Å². The van der Waals surface area contributed by atoms with Gasteiger partial charge in [0, 0.05) is 13.1 Å². The Balaban J connectivity index is 3.96. The average Bonchev–Trinajstić information content (AvgIpc) is 2.33. The molecular weight excluding hydrogens is 230 g/mol. The lowest BCUT2D eigenvalue weighted by molar-refractivity contribution is 0.0973. The molecule has 0 rings (SSSR count). The highest BCUT2D eigenvalue weighted by Gasteiger charge is 2.13. The van der Waals surface area contributed by atoms with Crippen LogP contribution < -0.4 is 11.5 Å². The van der Waals surface area contributed by atoms with Gasteiger partial charge < -0.3 is 21.1 Å². The van der Waals surface area contributed by atoms with Crippen molar-refractivity contribution in [3.05, 3.63) is 0 Å². The van der Waals surface area contributed by atoms with Crippen LogP contribution in [0.4, 0.5) is 4.79 Å². The van der Waals surface area contributed by atoms with Gasteiger partial charge in [0.05, 0.1) is 6.61 Å². The van der Waals surface area contributed by atoms with Crippen molar-refractivity contribution in [3.8, 4) is 0 Å². The number of amides is 1. The standard InChI is InChI=1S/C13H29N3O2/c1-12(2)6-11-18-13(17)16(10-5-8-15)9-4-3-7-14/h12H,3-11,14-15H2,1-2H3. The molecule has 5 nitrogen and oxygen atoms in total. The predicted molar refractivity (Wildman–Crippen MR) is 74.3 cm³/mol. The lowest BCUT2D eigenvalue weighted by Crippen LogP contribution is -2.34. The van der Waals surface area contributed by atoms with Gasteiger partial charge in [-0.3, -0.25) is 0 Å². The fourth-order valence-electron chi connectivity index (χ4n) is 1.50. The second-order valence-electron chi connectivity index (χ2n) is 4.92. The summed E-state index contributed by atoms with van der Waals surface area (Å²) < 4.78 is 5.26. The molecular formula is C13H29N3O2. The molecule has 0 saturated heterocycles. The highest BCUT2D eigenvalue weighted by molar-refractivity contribution is 5.67. The van der Waals surface area contributed by atoms with Crippen LogP contribution in [0, 0.1) is 5.92 Å². The van der Waals surface area contributed by atoms with Crippen LogP contribution in [0.25, 0.3) is 0 Å². The summed E-state index contributed by atoms with van der Waals surface area (Å²) in [4.78, 5) is 13.6. The number of nitrogens with zero attached hydrogens (tertiary/aromatic N) is 1. The Morgan fingerprint density at radius 2 is 1.72 bits per heavy atom. The van der Waals surface area contributed by atoms with Gasteiger partial charge in [-0.25, -0.2) is 4.79 Å². The average molecular weight is 259 g/mol. The van der Waals surface area contributed by atoms with Crippen molar-refractivity contribution in [3.63, 3.8) is 0 Å². The van der Waals surface area contributed by atoms with E-state index in [0.29, 0.717) is 38.7 Å². The minimum absolute atomic E-state index is 0.221. The van der Waals surface area contributed by atoms with Crippen molar-refractivity contribution in [1.82, 2.24) is 4.90 Å². The zero-order valence-electron chi connectivity index (χ0n) is 11.9. The third-order valence-corrected chi connectivity index (χ3v) is 2.69. The van der Waals surface area contributed by atoms with Crippen LogP contribution in [-0.4, -0.2) is 43.8 Å². The summed E-state index contributed by atoms with van der Waals surface area (Å²) in [5.74, 6) is 0.549. The van der Waals surface area contributed by atoms with E-state index in [1.807, 2.05) is 0 Å². The molecule has 5 heteroatoms. The van der Waals surface area contributed by atoms with Crippen molar-refractivity contribution in [1.29, 1.82) is 0 Å². The minimum atomic E-state index is -0.221. The number of ether oxygens (including phenoxy) is 1. The second-order valence-corrected chi connectivity index (χ2v) is 4.92. The number of hydrogen-bond donors (Lipinski definition) is 2. The summed E-state index contributed by atoms with van der Waals surface area (Å²) in [5.41, 5.74) is 10.9. The largest absolute Gasteiger partial charge is 0.449 e. The lowest BCUT2D eigenvalue weighted by atomic mass is 10.1. The van der Waals surface area contributed by atoms with E-state index in [-0.39, 0.29) is 6.09 Å². The van der Waals surface area contributed by atoms with Crippen molar-refractivity contribution in [2.45, 2.75) is 39.5 Å². The van der Waals surface area contributed by atoms with Gasteiger partial charge in [0.25, 0.3) is 0 Å². The highest BCUT2D eigenvalue weighted by Crippen LogP contribution is 2.03. The topological polar surface area (TPSA) is 81.6 Å². The van der Waals surface area contributed by atoms with Gasteiger partial charge in [0.2, 0.25) is 0 Å². The zero-order chi connectivity index (χ0) is 13.8. The first-order valence-corrected chi connectivity index (χ1v) is 6.93. The molecule has 0 aliphatic heterocycles. The molecule has 18 heavy (non-hydrogen) atoms. The van der Waals surface area contributed by atoms with Crippen molar-refractivity contribution >= 4 is 6.09 Å². The molecule has 0 saturated carbocycles. The van der Waals surface area contributed by atoms with E-state index in [2.05, 4.69) is 13.8 Å². The maximum Gasteiger partial charge on any atom is 0.409 e. The molecule has 4 N–H and O–H groups in total. The number of rotatable bonds is 10. The van der Waals surface area contributed by atoms with Gasteiger partial charge in [-0.2, -0.15) is 0 Å². The SMILES string of the molecule is CC(C)CCOC(=O)N(CCCN)CCCCN. The molecule has 0 aliphatic carbocycles. The molecule has 0 aliphatic rings. The fraction of sp³-hybridized carbons (Fsp3) is 0.923. The van der Waals surface area contributed by atoms with E-state index in [4.69, 9.17) is 16.2 Å². The predicted octanol–water partition coefficient (Wildman–Crippen LogP) is 1.56. The molecule has 1 amide bonds. The van der Waals surface area contributed by atoms with Crippen LogP contribution in [-0.2, 0) is 4.74 Å². The second kappa shape index (κ2) is 11.3. The van der Waals surface area contributed by atoms with Crippen LogP contribution >= 0.6 is 0 Å². The van der Waals surface area contributed by atoms with Crippen LogP contribution in [0.15, 0.2) is 0 Å². The summed E-state index contributed by atoms with van der Waals surface area (Å²) in [7, 11) is 0. The molecule has 0 unspecified atom stereocenters. The van der Waals surface area contributed by atoms with Gasteiger partial charge in [-0.1, -0.05) is 13.8 Å². The normalized spacial score (nSPS) is 10.7. The fourth-order valence-corrected chi connectivity index (χ4v) is 1.50. The van der Waals surface area contributed by atoms with Gasteiger partial charge in [-0.15, -0.1) is 0 Å². The van der Waals surface area contributed by atoms with Crippen LogP contribution in [0.1, 0.15) is 39.5 Å². The smallest absolute Gasteiger partial charge is 0.409 e. The van der Waals surface area contributed by atoms with Gasteiger partial charge >= 0.3 is 6.09 Å². The van der Waals surface area contributed by atoms with Crippen LogP contribution in [0.3, 0.4) is 0 Å². The summed E-state index contributed by atoms with van der Waals surface area (Å²) in [6.45, 7) is 7.34. The summed E-state index contributed by atoms with van der Waals surface area (Å²) >= 11 is 0. The van der Waals surface area contributed by atoms with Crippen molar-refractivity contribution < 1.29 is 9.53 Å². The number of nitrogens with two attached hydrogens (primary N) is 2. The number of unbranched alkanes of at least 4 members (excludes halogenated alkanes) is 1. The Hall–Kier alpha value is -0.810. The monoisotopic (exact) mass is 259 g/mol. The molecule has 0 spiro atoms. The Bertz CT molecular complexity index is 210. The highest BCUT2D eigenvalue weighted by atomic mass is 16.6. The van der Waals surface area contributed by atoms with Crippen molar-refractivity contribution in [2.24, 2.45) is 17.4 Å². The Kier molecular flexibility index (Phi) is 10.8. The Morgan fingerprint density at radius 3 is 2.28 bits per heavy atom. The third kappa shape index (κ3) is 9.24. The van der Waals surface area contributed by atoms with Crippen LogP contribution in [0.2, 0.25) is 0 Å². The van der Waals surface area contributed by atoms with Gasteiger partial charge in [-0.05, 0) is 44.7 Å². The van der Waals surface area contributed by atoms with Gasteiger partial charge in [0.15, 0.2) is 0 Å². The maximum atomic E-state index is 11.9. The zero-order valence-corrected chi connectivity index (χ0v) is 11.9. The molecule has 0 aromatic heterocycles. The summed E-state index contributed by atoms with van der Waals surface area (Å²) in [6, 6.07) is 0. The van der Waals surface area contributed by atoms with E-state index >= 15 is 0 Å². The molecule has 0 radical (unpaired) electrons. The Labute approximate surface area is 111 Å². The number of carbonyl (C=O) groups excluding carboxylic acids is 1. The Morgan fingerprint density at radius 1 is 1.11 bits per heavy atom. The summed E-state index contributed by atoms with van der Waals surface area (Å²) in [6.07, 6.45) is 3.33. The molecule has 108 valence electrons. The first-order chi connectivity index (χ1) is 8.61. The van der Waals surface area contributed by atoms with E-state index in [1.165, 1.54) is 0 Å². The summed E-state index contributed by atoms with van der Waals surface area (Å²) in [5, 5.41) is 0. The number of hydrogen-bond acceptors (Lipinski definition) is 4. The lowest BCUT2D eigenvalue weighted by Gasteiger charge is -2.22. The molecule has 0 heterocycles. The molecule has 0 aromatic carbocycles. The molecule has 0 atom stereocenters. The van der Waals surface area contributed by atoms with Crippen molar-refractivity contribution in [2.75, 3.05) is 32.8 Å². The first-order valence-electron chi connectivity index (χ1n) is 6.93. The van der Waals surface area contributed by atoms with Crippen LogP contribution in [0.5, 0.6) is 0 Å². The number of carbonyl (C=O) groups is 1. The quantitative estimate of drug-likeness (QED) is 0.583. The van der Waals surface area contributed by atoms with E-state index in [0.717, 1.165) is 25.7 Å². The molecule has 0 bridgehead atoms. The first kappa shape index (κ1) is 17.2. The van der Waals surface area contributed by atoms with E-state index in [1.54, 1.807) is 4.90 Å². The van der Waals surface area contributed by atoms with E-state index < -0.39 is 0 Å². The molecule has 0 fully saturated rings. The minimum Gasteiger partial charge on any atom is -0.449 e. The third-order valence-electron chi connectivity index (χ3n) is 2.69.